The third kappa shape index (κ3) is 4.91. The molecule has 0 spiro atoms. The third-order valence-corrected chi connectivity index (χ3v) is 7.56. The molecule has 1 aliphatic heterocycles. The first-order valence-electron chi connectivity index (χ1n) is 10.3. The van der Waals surface area contributed by atoms with Crippen LogP contribution < -0.4 is 4.74 Å². The van der Waals surface area contributed by atoms with Gasteiger partial charge >= 0.3 is 0 Å². The quantitative estimate of drug-likeness (QED) is 0.763. The highest BCUT2D eigenvalue weighted by atomic mass is 32.2. The van der Waals surface area contributed by atoms with Gasteiger partial charge in [0.15, 0.2) is 0 Å². The highest BCUT2D eigenvalue weighted by Crippen LogP contribution is 2.36. The summed E-state index contributed by atoms with van der Waals surface area (Å²) in [7, 11) is 0.0295. The van der Waals surface area contributed by atoms with E-state index in [1.165, 1.54) is 4.31 Å². The Balaban J connectivity index is 2.16. The van der Waals surface area contributed by atoms with Gasteiger partial charge in [0.05, 0.1) is 18.2 Å². The summed E-state index contributed by atoms with van der Waals surface area (Å²) in [5.41, 5.74) is 2.10. The monoisotopic (exact) mass is 443 g/mol. The van der Waals surface area contributed by atoms with Crippen LogP contribution >= 0.6 is 0 Å². The maximum Gasteiger partial charge on any atom is 0.247 e. The number of fused-ring (bicyclic) bond motifs is 1. The van der Waals surface area contributed by atoms with E-state index in [-0.39, 0.29) is 35.8 Å². The van der Waals surface area contributed by atoms with E-state index in [1.54, 1.807) is 43.3 Å². The van der Waals surface area contributed by atoms with Gasteiger partial charge in [-0.25, -0.2) is 8.42 Å². The molecule has 0 saturated heterocycles. The summed E-state index contributed by atoms with van der Waals surface area (Å²) >= 11 is 0. The lowest BCUT2D eigenvalue weighted by Crippen LogP contribution is -2.49. The fourth-order valence-corrected chi connectivity index (χ4v) is 5.58. The van der Waals surface area contributed by atoms with Crippen molar-refractivity contribution in [2.45, 2.75) is 30.9 Å². The van der Waals surface area contributed by atoms with E-state index >= 15 is 0 Å². The maximum atomic E-state index is 13.5. The second kappa shape index (κ2) is 9.37. The molecular weight excluding hydrogens is 414 g/mol. The first-order valence-corrected chi connectivity index (χ1v) is 11.7. The molecule has 2 aromatic rings. The van der Waals surface area contributed by atoms with Crippen molar-refractivity contribution >= 4 is 10.0 Å². The molecular formula is C23H29N3O4S. The molecule has 8 heteroatoms. The number of sulfonamides is 1. The Morgan fingerprint density at radius 2 is 1.97 bits per heavy atom. The molecule has 0 amide bonds. The van der Waals surface area contributed by atoms with Crippen molar-refractivity contribution in [1.82, 2.24) is 9.21 Å². The molecule has 0 fully saturated rings. The van der Waals surface area contributed by atoms with Gasteiger partial charge in [-0.05, 0) is 56.4 Å². The van der Waals surface area contributed by atoms with E-state index < -0.39 is 16.1 Å². The molecule has 3 rings (SSSR count). The third-order valence-electron chi connectivity index (χ3n) is 5.54. The van der Waals surface area contributed by atoms with Crippen molar-refractivity contribution in [3.05, 3.63) is 48.0 Å². The molecule has 0 aliphatic carbocycles. The fraction of sp³-hybridized carbons (Fsp3) is 0.435. The average Bonchev–Trinajstić information content (AvgIpc) is 2.75. The van der Waals surface area contributed by atoms with Crippen molar-refractivity contribution < 1.29 is 18.3 Å². The molecule has 0 bridgehead atoms. The highest BCUT2D eigenvalue weighted by Gasteiger charge is 2.37. The van der Waals surface area contributed by atoms with Crippen LogP contribution in [0.1, 0.15) is 19.4 Å². The minimum Gasteiger partial charge on any atom is -0.487 e. The molecule has 2 aromatic carbocycles. The van der Waals surface area contributed by atoms with E-state index in [0.29, 0.717) is 12.1 Å². The minimum absolute atomic E-state index is 0.0867. The van der Waals surface area contributed by atoms with Gasteiger partial charge in [-0.3, -0.25) is 0 Å². The lowest BCUT2D eigenvalue weighted by molar-refractivity contribution is 0.0813. The van der Waals surface area contributed by atoms with Gasteiger partial charge in [-0.2, -0.15) is 9.57 Å². The van der Waals surface area contributed by atoms with Gasteiger partial charge < -0.3 is 14.7 Å². The van der Waals surface area contributed by atoms with Crippen molar-refractivity contribution in [2.75, 3.05) is 33.8 Å². The Labute approximate surface area is 184 Å². The Morgan fingerprint density at radius 1 is 1.26 bits per heavy atom. The van der Waals surface area contributed by atoms with Crippen LogP contribution in [0.5, 0.6) is 5.75 Å². The van der Waals surface area contributed by atoms with Crippen LogP contribution in [-0.2, 0) is 10.0 Å². The average molecular weight is 444 g/mol. The van der Waals surface area contributed by atoms with Crippen LogP contribution in [0, 0.1) is 17.2 Å². The van der Waals surface area contributed by atoms with Crippen LogP contribution in [-0.4, -0.2) is 68.7 Å². The lowest BCUT2D eigenvalue weighted by Gasteiger charge is -2.37. The number of ether oxygens (including phenoxy) is 1. The van der Waals surface area contributed by atoms with Gasteiger partial charge in [0.2, 0.25) is 10.0 Å². The second-order valence-corrected chi connectivity index (χ2v) is 10.2. The number of rotatable bonds is 5. The summed E-state index contributed by atoms with van der Waals surface area (Å²) in [6.07, 6.45) is -0.238. The molecule has 0 radical (unpaired) electrons. The number of aliphatic hydroxyl groups excluding tert-OH is 1. The molecule has 3 atom stereocenters. The molecule has 7 nitrogen and oxygen atoms in total. The van der Waals surface area contributed by atoms with Crippen LogP contribution in [0.4, 0.5) is 0 Å². The number of hydrogen-bond acceptors (Lipinski definition) is 6. The van der Waals surface area contributed by atoms with Crippen molar-refractivity contribution in [3.63, 3.8) is 0 Å². The van der Waals surface area contributed by atoms with Gasteiger partial charge in [0.1, 0.15) is 16.7 Å². The summed E-state index contributed by atoms with van der Waals surface area (Å²) in [6.45, 7) is 4.28. The van der Waals surface area contributed by atoms with E-state index in [9.17, 15) is 18.8 Å². The van der Waals surface area contributed by atoms with Gasteiger partial charge in [0, 0.05) is 25.0 Å². The van der Waals surface area contributed by atoms with Gasteiger partial charge in [0.25, 0.3) is 0 Å². The molecule has 0 aromatic heterocycles. The van der Waals surface area contributed by atoms with Crippen LogP contribution in [0.25, 0.3) is 11.1 Å². The molecule has 166 valence electrons. The Bertz CT molecular complexity index is 1080. The number of hydrogen-bond donors (Lipinski definition) is 1. The van der Waals surface area contributed by atoms with E-state index in [1.807, 2.05) is 32.0 Å². The van der Waals surface area contributed by atoms with Crippen molar-refractivity contribution in [2.24, 2.45) is 5.92 Å². The maximum absolute atomic E-state index is 13.5. The predicted molar refractivity (Wildman–Crippen MR) is 119 cm³/mol. The number of nitriles is 1. The van der Waals surface area contributed by atoms with Gasteiger partial charge in [-0.1, -0.05) is 25.1 Å². The molecule has 1 heterocycles. The molecule has 31 heavy (non-hydrogen) atoms. The number of aliphatic hydroxyl groups is 1. The molecule has 0 unspecified atom stereocenters. The molecule has 0 saturated carbocycles. The van der Waals surface area contributed by atoms with Gasteiger partial charge in [-0.15, -0.1) is 0 Å². The Hall–Kier alpha value is -2.44. The highest BCUT2D eigenvalue weighted by molar-refractivity contribution is 7.89. The number of nitrogens with zero attached hydrogens (tertiary/aromatic N) is 3. The van der Waals surface area contributed by atoms with E-state index in [2.05, 4.69) is 6.07 Å². The largest absolute Gasteiger partial charge is 0.487 e. The predicted octanol–water partition coefficient (Wildman–Crippen LogP) is 2.56. The first kappa shape index (κ1) is 23.2. The Morgan fingerprint density at radius 3 is 2.61 bits per heavy atom. The zero-order valence-electron chi connectivity index (χ0n) is 18.3. The molecule has 1 N–H and O–H groups in total. The standard InChI is InChI=1S/C23H29N3O4S/c1-16-13-26(17(2)15-27)31(28,29)23-9-8-20(19-7-5-6-18(10-19)12-24)11-21(23)30-22(16)14-25(3)4/h5-11,16-17,22,27H,13-15H2,1-4H3/t16-,17-,22+/m0/s1. The second-order valence-electron chi connectivity index (χ2n) is 8.36. The summed E-state index contributed by atoms with van der Waals surface area (Å²) in [5, 5.41) is 18.9. The summed E-state index contributed by atoms with van der Waals surface area (Å²) in [5.74, 6) is 0.193. The summed E-state index contributed by atoms with van der Waals surface area (Å²) in [6, 6.07) is 13.7. The lowest BCUT2D eigenvalue weighted by atomic mass is 10.0. The topological polar surface area (TPSA) is 93.9 Å². The normalized spacial score (nSPS) is 22.0. The minimum atomic E-state index is -3.87. The van der Waals surface area contributed by atoms with Crippen LogP contribution in [0.3, 0.4) is 0 Å². The number of likely N-dealkylation sites (N-methyl/N-ethyl adjacent to an activating group) is 1. The zero-order chi connectivity index (χ0) is 22.8. The zero-order valence-corrected chi connectivity index (χ0v) is 19.1. The van der Waals surface area contributed by atoms with E-state index in [0.717, 1.165) is 11.1 Å². The fourth-order valence-electron chi connectivity index (χ4n) is 3.75. The SMILES string of the molecule is C[C@H]1CN([C@@H](C)CO)S(=O)(=O)c2ccc(-c3cccc(C#N)c3)cc2O[C@@H]1CN(C)C. The summed E-state index contributed by atoms with van der Waals surface area (Å²) in [4.78, 5) is 2.10. The van der Waals surface area contributed by atoms with Crippen LogP contribution in [0.15, 0.2) is 47.4 Å². The number of benzene rings is 2. The van der Waals surface area contributed by atoms with Crippen LogP contribution in [0.2, 0.25) is 0 Å². The Kier molecular flexibility index (Phi) is 7.02. The molecule has 1 aliphatic rings. The smallest absolute Gasteiger partial charge is 0.247 e. The van der Waals surface area contributed by atoms with Crippen molar-refractivity contribution in [1.29, 1.82) is 5.26 Å². The first-order chi connectivity index (χ1) is 14.7. The van der Waals surface area contributed by atoms with E-state index in [4.69, 9.17) is 4.74 Å². The van der Waals surface area contributed by atoms with Crippen molar-refractivity contribution in [3.8, 4) is 22.9 Å². The summed E-state index contributed by atoms with van der Waals surface area (Å²) < 4.78 is 34.6.